The summed E-state index contributed by atoms with van der Waals surface area (Å²) in [6, 6.07) is 15.3. The molecule has 0 radical (unpaired) electrons. The number of benzene rings is 2. The van der Waals surface area contributed by atoms with Crippen molar-refractivity contribution in [3.8, 4) is 5.75 Å². The number of nitrogens with zero attached hydrogens (tertiary/aromatic N) is 1. The van der Waals surface area contributed by atoms with Crippen molar-refractivity contribution in [1.82, 2.24) is 4.57 Å². The van der Waals surface area contributed by atoms with E-state index in [0.29, 0.717) is 5.56 Å². The van der Waals surface area contributed by atoms with Crippen LogP contribution >= 0.6 is 0 Å². The molecule has 1 aliphatic rings. The first-order chi connectivity index (χ1) is 11.7. The maximum atomic E-state index is 13.1. The normalized spacial score (nSPS) is 16.3. The number of ether oxygens (including phenoxy) is 2. The first kappa shape index (κ1) is 15.0. The number of carbonyl (C=O) groups is 1. The molecule has 4 nitrogen and oxygen atoms in total. The Labute approximate surface area is 140 Å². The minimum atomic E-state index is 0.0434. The Kier molecular flexibility index (Phi) is 3.62. The van der Waals surface area contributed by atoms with Crippen molar-refractivity contribution in [3.05, 3.63) is 65.4 Å². The standard InChI is InChI=1S/C20H19NO3/c1-13-19(20(22)14-7-9-15(23-2)10-8-14)17-5-3-4-6-18(17)21(13)11-16-12-24-16/h3-10,16H,11-12H2,1-2H3. The summed E-state index contributed by atoms with van der Waals surface area (Å²) < 4.78 is 12.7. The molecule has 122 valence electrons. The smallest absolute Gasteiger partial charge is 0.195 e. The van der Waals surface area contributed by atoms with Crippen LogP contribution in [0.1, 0.15) is 21.6 Å². The van der Waals surface area contributed by atoms with Gasteiger partial charge < -0.3 is 14.0 Å². The molecule has 4 heteroatoms. The van der Waals surface area contributed by atoms with E-state index in [1.807, 2.05) is 49.4 Å². The Morgan fingerprint density at radius 1 is 1.21 bits per heavy atom. The van der Waals surface area contributed by atoms with Crippen LogP contribution in [-0.4, -0.2) is 30.2 Å². The highest BCUT2D eigenvalue weighted by Crippen LogP contribution is 2.30. The molecule has 4 rings (SSSR count). The van der Waals surface area contributed by atoms with Gasteiger partial charge in [-0.3, -0.25) is 4.79 Å². The molecule has 1 unspecified atom stereocenters. The van der Waals surface area contributed by atoms with E-state index in [4.69, 9.17) is 9.47 Å². The number of epoxide rings is 1. The predicted molar refractivity (Wildman–Crippen MR) is 92.8 cm³/mol. The van der Waals surface area contributed by atoms with Gasteiger partial charge in [0.1, 0.15) is 5.75 Å². The van der Waals surface area contributed by atoms with Crippen molar-refractivity contribution in [2.45, 2.75) is 19.6 Å². The Bertz CT molecular complexity index is 905. The van der Waals surface area contributed by atoms with E-state index < -0.39 is 0 Å². The van der Waals surface area contributed by atoms with Crippen molar-refractivity contribution in [2.75, 3.05) is 13.7 Å². The van der Waals surface area contributed by atoms with E-state index in [2.05, 4.69) is 10.6 Å². The van der Waals surface area contributed by atoms with Gasteiger partial charge in [-0.25, -0.2) is 0 Å². The second kappa shape index (κ2) is 5.80. The average Bonchev–Trinajstić information content (AvgIpc) is 3.40. The Morgan fingerprint density at radius 2 is 1.92 bits per heavy atom. The zero-order valence-electron chi connectivity index (χ0n) is 13.8. The van der Waals surface area contributed by atoms with Gasteiger partial charge in [0, 0.05) is 22.2 Å². The maximum Gasteiger partial charge on any atom is 0.195 e. The fourth-order valence-corrected chi connectivity index (χ4v) is 3.22. The molecule has 0 spiro atoms. The van der Waals surface area contributed by atoms with Gasteiger partial charge in [-0.1, -0.05) is 18.2 Å². The summed E-state index contributed by atoms with van der Waals surface area (Å²) in [6.07, 6.45) is 0.267. The van der Waals surface area contributed by atoms with Gasteiger partial charge in [-0.2, -0.15) is 0 Å². The van der Waals surface area contributed by atoms with Gasteiger partial charge >= 0.3 is 0 Å². The summed E-state index contributed by atoms with van der Waals surface area (Å²) in [5.74, 6) is 0.790. The summed E-state index contributed by atoms with van der Waals surface area (Å²) in [5.41, 5.74) is 3.52. The van der Waals surface area contributed by atoms with E-state index >= 15 is 0 Å². The van der Waals surface area contributed by atoms with Gasteiger partial charge in [0.15, 0.2) is 5.78 Å². The molecule has 1 saturated heterocycles. The largest absolute Gasteiger partial charge is 0.497 e. The zero-order chi connectivity index (χ0) is 16.7. The highest BCUT2D eigenvalue weighted by Gasteiger charge is 2.27. The second-order valence-corrected chi connectivity index (χ2v) is 6.10. The molecule has 0 aliphatic carbocycles. The number of aromatic nitrogens is 1. The van der Waals surface area contributed by atoms with Crippen molar-refractivity contribution in [1.29, 1.82) is 0 Å². The summed E-state index contributed by atoms with van der Waals surface area (Å²) in [4.78, 5) is 13.1. The molecule has 3 aromatic rings. The van der Waals surface area contributed by atoms with Gasteiger partial charge in [0.05, 0.1) is 31.9 Å². The summed E-state index contributed by atoms with van der Waals surface area (Å²) in [6.45, 7) is 3.61. The molecular weight excluding hydrogens is 302 g/mol. The van der Waals surface area contributed by atoms with E-state index in [-0.39, 0.29) is 11.9 Å². The quantitative estimate of drug-likeness (QED) is 0.533. The average molecular weight is 321 g/mol. The number of carbonyl (C=O) groups excluding carboxylic acids is 1. The molecule has 0 saturated carbocycles. The minimum Gasteiger partial charge on any atom is -0.497 e. The molecule has 0 amide bonds. The number of fused-ring (bicyclic) bond motifs is 1. The lowest BCUT2D eigenvalue weighted by molar-refractivity contribution is 0.103. The van der Waals surface area contributed by atoms with Crippen LogP contribution in [0.15, 0.2) is 48.5 Å². The number of rotatable bonds is 5. The molecule has 0 bridgehead atoms. The maximum absolute atomic E-state index is 13.1. The van der Waals surface area contributed by atoms with Crippen LogP contribution < -0.4 is 4.74 Å². The highest BCUT2D eigenvalue weighted by atomic mass is 16.6. The fraction of sp³-hybridized carbons (Fsp3) is 0.250. The molecule has 1 aromatic heterocycles. The summed E-state index contributed by atoms with van der Waals surface area (Å²) in [5, 5.41) is 0.997. The molecule has 2 aromatic carbocycles. The fourth-order valence-electron chi connectivity index (χ4n) is 3.22. The molecular formula is C20H19NO3. The third-order valence-electron chi connectivity index (χ3n) is 4.60. The van der Waals surface area contributed by atoms with Crippen LogP contribution in [0.3, 0.4) is 0 Å². The molecule has 1 fully saturated rings. The monoisotopic (exact) mass is 321 g/mol. The second-order valence-electron chi connectivity index (χ2n) is 6.10. The summed E-state index contributed by atoms with van der Waals surface area (Å²) >= 11 is 0. The molecule has 1 atom stereocenters. The van der Waals surface area contributed by atoms with Crippen LogP contribution in [0.25, 0.3) is 10.9 Å². The van der Waals surface area contributed by atoms with Gasteiger partial charge in [-0.05, 0) is 37.3 Å². The number of ketones is 1. The van der Waals surface area contributed by atoms with Crippen LogP contribution in [0.5, 0.6) is 5.75 Å². The molecule has 1 aliphatic heterocycles. The van der Waals surface area contributed by atoms with Crippen LogP contribution in [-0.2, 0) is 11.3 Å². The first-order valence-electron chi connectivity index (χ1n) is 8.07. The van der Waals surface area contributed by atoms with E-state index in [0.717, 1.165) is 41.1 Å². The van der Waals surface area contributed by atoms with Crippen molar-refractivity contribution in [2.24, 2.45) is 0 Å². The lowest BCUT2D eigenvalue weighted by atomic mass is 10.0. The first-order valence-corrected chi connectivity index (χ1v) is 8.07. The molecule has 0 N–H and O–H groups in total. The lowest BCUT2D eigenvalue weighted by Gasteiger charge is -2.07. The highest BCUT2D eigenvalue weighted by molar-refractivity contribution is 6.17. The topological polar surface area (TPSA) is 43.8 Å². The minimum absolute atomic E-state index is 0.0434. The van der Waals surface area contributed by atoms with Gasteiger partial charge in [0.2, 0.25) is 0 Å². The van der Waals surface area contributed by atoms with E-state index in [1.165, 1.54) is 0 Å². The predicted octanol–water partition coefficient (Wildman–Crippen LogP) is 3.59. The summed E-state index contributed by atoms with van der Waals surface area (Å²) in [7, 11) is 1.62. The van der Waals surface area contributed by atoms with Crippen LogP contribution in [0.4, 0.5) is 0 Å². The van der Waals surface area contributed by atoms with E-state index in [9.17, 15) is 4.79 Å². The van der Waals surface area contributed by atoms with Gasteiger partial charge in [0.25, 0.3) is 0 Å². The zero-order valence-corrected chi connectivity index (χ0v) is 13.8. The Balaban J connectivity index is 1.82. The molecule has 24 heavy (non-hydrogen) atoms. The number of hydrogen-bond donors (Lipinski definition) is 0. The Hall–Kier alpha value is -2.59. The third-order valence-corrected chi connectivity index (χ3v) is 4.60. The molecule has 2 heterocycles. The van der Waals surface area contributed by atoms with Crippen molar-refractivity contribution < 1.29 is 14.3 Å². The Morgan fingerprint density at radius 3 is 2.58 bits per heavy atom. The number of hydrogen-bond acceptors (Lipinski definition) is 3. The lowest BCUT2D eigenvalue weighted by Crippen LogP contribution is -2.08. The van der Waals surface area contributed by atoms with Crippen LogP contribution in [0, 0.1) is 6.92 Å². The number of methoxy groups -OCH3 is 1. The number of para-hydroxylation sites is 1. The van der Waals surface area contributed by atoms with E-state index in [1.54, 1.807) is 7.11 Å². The SMILES string of the molecule is COc1ccc(C(=O)c2c(C)n(CC3CO3)c3ccccc23)cc1. The third kappa shape index (κ3) is 2.49. The van der Waals surface area contributed by atoms with Crippen molar-refractivity contribution in [3.63, 3.8) is 0 Å². The van der Waals surface area contributed by atoms with Gasteiger partial charge in [-0.15, -0.1) is 0 Å². The van der Waals surface area contributed by atoms with Crippen LogP contribution in [0.2, 0.25) is 0 Å². The van der Waals surface area contributed by atoms with Crippen molar-refractivity contribution >= 4 is 16.7 Å².